The average molecular weight is 431 g/mol. The number of hydrogen-bond acceptors (Lipinski definition) is 5. The van der Waals surface area contributed by atoms with Crippen molar-refractivity contribution < 1.29 is 9.59 Å². The van der Waals surface area contributed by atoms with Crippen LogP contribution >= 0.6 is 11.6 Å². The van der Waals surface area contributed by atoms with Gasteiger partial charge in [0.15, 0.2) is 5.65 Å². The molecular weight excluding hydrogens is 408 g/mol. The summed E-state index contributed by atoms with van der Waals surface area (Å²) in [6, 6.07) is 7.17. The topological polar surface area (TPSA) is 102 Å². The second kappa shape index (κ2) is 9.53. The first-order chi connectivity index (χ1) is 14.4. The third-order valence-electron chi connectivity index (χ3n) is 4.76. The van der Waals surface area contributed by atoms with Gasteiger partial charge in [-0.15, -0.1) is 0 Å². The van der Waals surface area contributed by atoms with Gasteiger partial charge < -0.3 is 10.2 Å². The minimum atomic E-state index is -0.254. The molecule has 158 valence electrons. The molecule has 2 amide bonds. The van der Waals surface area contributed by atoms with E-state index in [-0.39, 0.29) is 36.9 Å². The Balaban J connectivity index is 1.54. The van der Waals surface area contributed by atoms with Gasteiger partial charge in [-0.2, -0.15) is 5.10 Å². The van der Waals surface area contributed by atoms with Crippen LogP contribution in [0.25, 0.3) is 11.0 Å². The number of carbonyl (C=O) groups excluding carboxylic acids is 2. The summed E-state index contributed by atoms with van der Waals surface area (Å²) in [6.45, 7) is 2.69. The fraction of sp³-hybridized carbons (Fsp3) is 0.350. The number of nitrogens with zero attached hydrogens (tertiary/aromatic N) is 5. The van der Waals surface area contributed by atoms with Crippen molar-refractivity contribution in [2.75, 3.05) is 13.1 Å². The number of benzene rings is 1. The number of amides is 2. The Morgan fingerprint density at radius 3 is 2.67 bits per heavy atom. The maximum atomic E-state index is 12.6. The number of nitrogens with one attached hydrogen (secondary N) is 1. The molecular formula is C20H23ClN6O3. The van der Waals surface area contributed by atoms with Gasteiger partial charge in [-0.25, -0.2) is 4.98 Å². The minimum Gasteiger partial charge on any atom is -0.350 e. The smallest absolute Gasteiger partial charge is 0.264 e. The van der Waals surface area contributed by atoms with E-state index < -0.39 is 0 Å². The third-order valence-corrected chi connectivity index (χ3v) is 5.01. The Morgan fingerprint density at radius 1 is 1.23 bits per heavy atom. The van der Waals surface area contributed by atoms with Gasteiger partial charge >= 0.3 is 0 Å². The van der Waals surface area contributed by atoms with E-state index in [1.807, 2.05) is 12.1 Å². The molecule has 1 N–H and O–H groups in total. The van der Waals surface area contributed by atoms with E-state index in [9.17, 15) is 14.4 Å². The molecule has 3 aromatic rings. The average Bonchev–Trinajstić information content (AvgIpc) is 3.12. The van der Waals surface area contributed by atoms with E-state index in [0.717, 1.165) is 5.56 Å². The third kappa shape index (κ3) is 5.04. The molecule has 3 rings (SSSR count). The number of carbonyl (C=O) groups is 2. The van der Waals surface area contributed by atoms with Gasteiger partial charge in [0.1, 0.15) is 5.39 Å². The van der Waals surface area contributed by atoms with Crippen LogP contribution in [-0.2, 0) is 29.7 Å². The van der Waals surface area contributed by atoms with Crippen molar-refractivity contribution in [3.63, 3.8) is 0 Å². The Bertz CT molecular complexity index is 1110. The lowest BCUT2D eigenvalue weighted by Crippen LogP contribution is -2.41. The SMILES string of the molecule is CCN(CC(=O)NCc1ccc(Cl)cc1)C(=O)CCn1cnc2c(cnn2C)c1=O. The van der Waals surface area contributed by atoms with Crippen LogP contribution in [0.5, 0.6) is 0 Å². The molecule has 0 saturated heterocycles. The fourth-order valence-corrected chi connectivity index (χ4v) is 3.13. The number of hydrogen-bond donors (Lipinski definition) is 1. The summed E-state index contributed by atoms with van der Waals surface area (Å²) < 4.78 is 2.91. The molecule has 10 heteroatoms. The van der Waals surface area contributed by atoms with Crippen molar-refractivity contribution in [1.82, 2.24) is 29.5 Å². The maximum Gasteiger partial charge on any atom is 0.264 e. The van der Waals surface area contributed by atoms with Crippen molar-refractivity contribution in [1.29, 1.82) is 0 Å². The molecule has 0 spiro atoms. The van der Waals surface area contributed by atoms with Gasteiger partial charge in [-0.1, -0.05) is 23.7 Å². The van der Waals surface area contributed by atoms with Gasteiger partial charge in [0, 0.05) is 38.1 Å². The highest BCUT2D eigenvalue weighted by atomic mass is 35.5. The fourth-order valence-electron chi connectivity index (χ4n) is 3.01. The molecule has 0 aliphatic heterocycles. The summed E-state index contributed by atoms with van der Waals surface area (Å²) >= 11 is 5.85. The van der Waals surface area contributed by atoms with Gasteiger partial charge in [-0.3, -0.25) is 23.6 Å². The summed E-state index contributed by atoms with van der Waals surface area (Å²) in [5.41, 5.74) is 1.17. The van der Waals surface area contributed by atoms with E-state index in [0.29, 0.717) is 29.1 Å². The summed E-state index contributed by atoms with van der Waals surface area (Å²) in [4.78, 5) is 42.9. The first kappa shape index (κ1) is 21.5. The molecule has 9 nitrogen and oxygen atoms in total. The molecule has 0 saturated carbocycles. The van der Waals surface area contributed by atoms with Crippen LogP contribution in [0.3, 0.4) is 0 Å². The Kier molecular flexibility index (Phi) is 6.83. The lowest BCUT2D eigenvalue weighted by atomic mass is 10.2. The standard InChI is InChI=1S/C20H23ClN6O3/c1-3-26(12-17(28)22-10-14-4-6-15(21)7-5-14)18(29)8-9-27-13-23-19-16(20(27)30)11-24-25(19)2/h4-7,11,13H,3,8-10,12H2,1-2H3,(H,22,28). The van der Waals surface area contributed by atoms with E-state index in [2.05, 4.69) is 15.4 Å². The predicted molar refractivity (Wildman–Crippen MR) is 113 cm³/mol. The van der Waals surface area contributed by atoms with Crippen LogP contribution in [0.15, 0.2) is 41.6 Å². The van der Waals surface area contributed by atoms with Crippen LogP contribution in [0, 0.1) is 0 Å². The largest absolute Gasteiger partial charge is 0.350 e. The van der Waals surface area contributed by atoms with Crippen LogP contribution in [-0.4, -0.2) is 49.1 Å². The van der Waals surface area contributed by atoms with Gasteiger partial charge in [-0.05, 0) is 24.6 Å². The van der Waals surface area contributed by atoms with Gasteiger partial charge in [0.25, 0.3) is 5.56 Å². The molecule has 0 aliphatic carbocycles. The number of aromatic nitrogens is 4. The molecule has 1 aromatic carbocycles. The Labute approximate surface area is 178 Å². The van der Waals surface area contributed by atoms with E-state index >= 15 is 0 Å². The zero-order valence-corrected chi connectivity index (χ0v) is 17.6. The molecule has 2 heterocycles. The number of rotatable bonds is 8. The molecule has 0 fully saturated rings. The molecule has 0 unspecified atom stereocenters. The van der Waals surface area contributed by atoms with Crippen molar-refractivity contribution in [3.05, 3.63) is 57.7 Å². The molecule has 30 heavy (non-hydrogen) atoms. The van der Waals surface area contributed by atoms with Gasteiger partial charge in [0.05, 0.1) is 19.1 Å². The molecule has 0 radical (unpaired) electrons. The van der Waals surface area contributed by atoms with E-state index in [1.54, 1.807) is 26.1 Å². The van der Waals surface area contributed by atoms with Crippen molar-refractivity contribution in [2.45, 2.75) is 26.4 Å². The van der Waals surface area contributed by atoms with Crippen molar-refractivity contribution >= 4 is 34.4 Å². The summed E-state index contributed by atoms with van der Waals surface area (Å²) in [5.74, 6) is -0.465. The highest BCUT2D eigenvalue weighted by Gasteiger charge is 2.16. The lowest BCUT2D eigenvalue weighted by molar-refractivity contribution is -0.136. The zero-order chi connectivity index (χ0) is 21.7. The highest BCUT2D eigenvalue weighted by molar-refractivity contribution is 6.30. The first-order valence-electron chi connectivity index (χ1n) is 9.55. The van der Waals surface area contributed by atoms with Crippen molar-refractivity contribution in [2.24, 2.45) is 7.05 Å². The van der Waals surface area contributed by atoms with Gasteiger partial charge in [0.2, 0.25) is 11.8 Å². The zero-order valence-electron chi connectivity index (χ0n) is 16.8. The molecule has 2 aromatic heterocycles. The second-order valence-corrected chi connectivity index (χ2v) is 7.25. The monoisotopic (exact) mass is 430 g/mol. The number of halogens is 1. The first-order valence-corrected chi connectivity index (χ1v) is 9.93. The highest BCUT2D eigenvalue weighted by Crippen LogP contribution is 2.09. The lowest BCUT2D eigenvalue weighted by Gasteiger charge is -2.20. The van der Waals surface area contributed by atoms with Crippen LogP contribution < -0.4 is 10.9 Å². The maximum absolute atomic E-state index is 12.6. The van der Waals surface area contributed by atoms with Crippen LogP contribution in [0.1, 0.15) is 18.9 Å². The van der Waals surface area contributed by atoms with E-state index in [4.69, 9.17) is 11.6 Å². The Hall–Kier alpha value is -3.20. The molecule has 0 atom stereocenters. The predicted octanol–water partition coefficient (Wildman–Crippen LogP) is 1.34. The number of fused-ring (bicyclic) bond motifs is 1. The minimum absolute atomic E-state index is 0.0439. The van der Waals surface area contributed by atoms with Crippen LogP contribution in [0.4, 0.5) is 0 Å². The summed E-state index contributed by atoms with van der Waals surface area (Å²) in [6.07, 6.45) is 2.97. The van der Waals surface area contributed by atoms with Crippen molar-refractivity contribution in [3.8, 4) is 0 Å². The van der Waals surface area contributed by atoms with Crippen LogP contribution in [0.2, 0.25) is 5.02 Å². The van der Waals surface area contributed by atoms with E-state index in [1.165, 1.54) is 26.7 Å². The normalized spacial score (nSPS) is 10.9. The second-order valence-electron chi connectivity index (χ2n) is 6.81. The molecule has 0 aliphatic rings. The summed E-state index contributed by atoms with van der Waals surface area (Å²) in [5, 5.41) is 7.85. The number of likely N-dealkylation sites (N-methyl/N-ethyl adjacent to an activating group) is 1. The quantitative estimate of drug-likeness (QED) is 0.581. The molecule has 0 bridgehead atoms. The Morgan fingerprint density at radius 2 is 1.97 bits per heavy atom. The summed E-state index contributed by atoms with van der Waals surface area (Å²) in [7, 11) is 1.71. The number of aryl methyl sites for hydroxylation is 2.